The third kappa shape index (κ3) is 3.56. The molecule has 0 aromatic carbocycles. The molecule has 0 amide bonds. The molecule has 3 aromatic rings. The van der Waals surface area contributed by atoms with Gasteiger partial charge in [-0.1, -0.05) is 20.8 Å². The topological polar surface area (TPSA) is 84.1 Å². The van der Waals surface area contributed by atoms with E-state index in [1.54, 1.807) is 0 Å². The maximum absolute atomic E-state index is 4.77. The van der Waals surface area contributed by atoms with Crippen molar-refractivity contribution in [3.63, 3.8) is 0 Å². The summed E-state index contributed by atoms with van der Waals surface area (Å²) in [5.74, 6) is 3.11. The van der Waals surface area contributed by atoms with E-state index in [-0.39, 0.29) is 5.41 Å². The van der Waals surface area contributed by atoms with Crippen LogP contribution in [0.25, 0.3) is 5.65 Å². The highest BCUT2D eigenvalue weighted by atomic mass is 15.4. The van der Waals surface area contributed by atoms with Crippen molar-refractivity contribution in [1.82, 2.24) is 29.8 Å². The molecular weight excluding hydrogens is 340 g/mol. The summed E-state index contributed by atoms with van der Waals surface area (Å²) in [4.78, 5) is 11.2. The second kappa shape index (κ2) is 6.44. The molecule has 1 fully saturated rings. The zero-order valence-electron chi connectivity index (χ0n) is 16.6. The molecule has 8 nitrogen and oxygen atoms in total. The second-order valence-electron chi connectivity index (χ2n) is 8.36. The molecule has 0 spiro atoms. The first-order chi connectivity index (χ1) is 12.8. The van der Waals surface area contributed by atoms with Crippen LogP contribution >= 0.6 is 0 Å². The van der Waals surface area contributed by atoms with Gasteiger partial charge in [0, 0.05) is 42.4 Å². The van der Waals surface area contributed by atoms with Crippen molar-refractivity contribution < 1.29 is 0 Å². The number of fused-ring (bicyclic) bond motifs is 1. The second-order valence-corrected chi connectivity index (χ2v) is 8.36. The van der Waals surface area contributed by atoms with Crippen molar-refractivity contribution in [3.8, 4) is 0 Å². The summed E-state index contributed by atoms with van der Waals surface area (Å²) in [6, 6.07) is 5.99. The number of nitrogens with zero attached hydrogens (tertiary/aromatic N) is 7. The Balaban J connectivity index is 1.40. The molecule has 0 bridgehead atoms. The normalized spacial score (nSPS) is 15.2. The summed E-state index contributed by atoms with van der Waals surface area (Å²) < 4.78 is 1.87. The molecule has 0 atom stereocenters. The molecule has 1 aliphatic rings. The minimum atomic E-state index is -0.0988. The highest BCUT2D eigenvalue weighted by Crippen LogP contribution is 2.25. The molecule has 0 radical (unpaired) electrons. The highest BCUT2D eigenvalue weighted by Gasteiger charge is 2.29. The van der Waals surface area contributed by atoms with E-state index in [1.165, 1.54) is 0 Å². The van der Waals surface area contributed by atoms with E-state index in [1.807, 2.05) is 36.6 Å². The lowest BCUT2D eigenvalue weighted by molar-refractivity contribution is 0.423. The molecular formula is C19H26N8. The van der Waals surface area contributed by atoms with Gasteiger partial charge in [0.15, 0.2) is 11.5 Å². The van der Waals surface area contributed by atoms with Crippen LogP contribution in [0, 0.1) is 19.8 Å². The fourth-order valence-corrected chi connectivity index (χ4v) is 3.34. The maximum atomic E-state index is 4.77. The SMILES string of the molecule is Cc1cc(C)nc(NCC2CN(c3ccc4nnc(C(C)(C)C)n4n3)C2)n1. The van der Waals surface area contributed by atoms with Crippen molar-refractivity contribution in [2.24, 2.45) is 5.92 Å². The first kappa shape index (κ1) is 17.6. The third-order valence-electron chi connectivity index (χ3n) is 4.73. The minimum Gasteiger partial charge on any atom is -0.354 e. The molecule has 4 heterocycles. The van der Waals surface area contributed by atoms with E-state index in [0.29, 0.717) is 11.9 Å². The Morgan fingerprint density at radius 2 is 1.78 bits per heavy atom. The smallest absolute Gasteiger partial charge is 0.223 e. The van der Waals surface area contributed by atoms with Crippen LogP contribution in [0.15, 0.2) is 18.2 Å². The Bertz CT molecular complexity index is 945. The average molecular weight is 366 g/mol. The number of hydrogen-bond donors (Lipinski definition) is 1. The summed E-state index contributed by atoms with van der Waals surface area (Å²) >= 11 is 0. The quantitative estimate of drug-likeness (QED) is 0.759. The molecule has 0 saturated carbocycles. The monoisotopic (exact) mass is 366 g/mol. The Morgan fingerprint density at radius 3 is 2.44 bits per heavy atom. The largest absolute Gasteiger partial charge is 0.354 e. The van der Waals surface area contributed by atoms with Gasteiger partial charge >= 0.3 is 0 Å². The minimum absolute atomic E-state index is 0.0988. The zero-order valence-corrected chi connectivity index (χ0v) is 16.6. The van der Waals surface area contributed by atoms with E-state index < -0.39 is 0 Å². The third-order valence-corrected chi connectivity index (χ3v) is 4.73. The Kier molecular flexibility index (Phi) is 4.20. The number of nitrogens with one attached hydrogen (secondary N) is 1. The summed E-state index contributed by atoms with van der Waals surface area (Å²) in [7, 11) is 0. The predicted molar refractivity (Wildman–Crippen MR) is 105 cm³/mol. The molecule has 8 heteroatoms. The van der Waals surface area contributed by atoms with Crippen LogP contribution in [0.3, 0.4) is 0 Å². The molecule has 1 saturated heterocycles. The van der Waals surface area contributed by atoms with E-state index in [2.05, 4.69) is 51.2 Å². The van der Waals surface area contributed by atoms with Crippen LogP contribution in [0.5, 0.6) is 0 Å². The molecule has 3 aromatic heterocycles. The first-order valence-electron chi connectivity index (χ1n) is 9.33. The van der Waals surface area contributed by atoms with E-state index in [9.17, 15) is 0 Å². The van der Waals surface area contributed by atoms with Crippen molar-refractivity contribution in [1.29, 1.82) is 0 Å². The van der Waals surface area contributed by atoms with Crippen LogP contribution in [0.4, 0.5) is 11.8 Å². The maximum Gasteiger partial charge on any atom is 0.223 e. The number of aryl methyl sites for hydroxylation is 2. The molecule has 4 rings (SSSR count). The van der Waals surface area contributed by atoms with Gasteiger partial charge in [0.25, 0.3) is 0 Å². The number of anilines is 2. The Hall–Kier alpha value is -2.77. The van der Waals surface area contributed by atoms with Gasteiger partial charge in [0.2, 0.25) is 5.95 Å². The summed E-state index contributed by atoms with van der Waals surface area (Å²) in [6.45, 7) is 13.1. The average Bonchev–Trinajstić information content (AvgIpc) is 2.95. The van der Waals surface area contributed by atoms with Crippen LogP contribution in [0.1, 0.15) is 38.0 Å². The fraction of sp³-hybridized carbons (Fsp3) is 0.526. The van der Waals surface area contributed by atoms with Gasteiger partial charge in [0.05, 0.1) is 0 Å². The lowest BCUT2D eigenvalue weighted by Crippen LogP contribution is -2.50. The van der Waals surface area contributed by atoms with Crippen molar-refractivity contribution >= 4 is 17.4 Å². The Labute approximate surface area is 159 Å². The lowest BCUT2D eigenvalue weighted by atomic mass is 9.96. The van der Waals surface area contributed by atoms with E-state index in [4.69, 9.17) is 5.10 Å². The van der Waals surface area contributed by atoms with Crippen LogP contribution in [0.2, 0.25) is 0 Å². The summed E-state index contributed by atoms with van der Waals surface area (Å²) in [6.07, 6.45) is 0. The first-order valence-corrected chi connectivity index (χ1v) is 9.33. The van der Waals surface area contributed by atoms with Crippen LogP contribution < -0.4 is 10.2 Å². The van der Waals surface area contributed by atoms with Crippen molar-refractivity contribution in [3.05, 3.63) is 35.4 Å². The molecule has 142 valence electrons. The van der Waals surface area contributed by atoms with Crippen molar-refractivity contribution in [2.75, 3.05) is 29.9 Å². The molecule has 27 heavy (non-hydrogen) atoms. The van der Waals surface area contributed by atoms with Crippen LogP contribution in [-0.2, 0) is 5.41 Å². The summed E-state index contributed by atoms with van der Waals surface area (Å²) in [5.41, 5.74) is 2.66. The Morgan fingerprint density at radius 1 is 1.07 bits per heavy atom. The predicted octanol–water partition coefficient (Wildman–Crippen LogP) is 2.38. The van der Waals surface area contributed by atoms with Gasteiger partial charge < -0.3 is 10.2 Å². The standard InChI is InChI=1S/C19H26N8/c1-12-8-13(2)22-18(21-12)20-9-14-10-26(11-14)16-7-6-15-23-24-17(19(3,4)5)27(15)25-16/h6-8,14H,9-11H2,1-5H3,(H,20,21,22). The highest BCUT2D eigenvalue weighted by molar-refractivity contribution is 5.48. The van der Waals surface area contributed by atoms with Gasteiger partial charge in [-0.05, 0) is 32.0 Å². The van der Waals surface area contributed by atoms with E-state index in [0.717, 1.165) is 48.3 Å². The lowest BCUT2D eigenvalue weighted by Gasteiger charge is -2.40. The number of aromatic nitrogens is 6. The van der Waals surface area contributed by atoms with Gasteiger partial charge in [-0.15, -0.1) is 15.3 Å². The summed E-state index contributed by atoms with van der Waals surface area (Å²) in [5, 5.41) is 16.7. The van der Waals surface area contributed by atoms with Gasteiger partial charge in [-0.25, -0.2) is 9.97 Å². The molecule has 0 aliphatic carbocycles. The number of hydrogen-bond acceptors (Lipinski definition) is 7. The molecule has 1 N–H and O–H groups in total. The fourth-order valence-electron chi connectivity index (χ4n) is 3.34. The molecule has 0 unspecified atom stereocenters. The molecule has 1 aliphatic heterocycles. The van der Waals surface area contributed by atoms with Gasteiger partial charge in [-0.2, -0.15) is 4.52 Å². The van der Waals surface area contributed by atoms with Crippen molar-refractivity contribution in [2.45, 2.75) is 40.0 Å². The van der Waals surface area contributed by atoms with Crippen LogP contribution in [-0.4, -0.2) is 49.4 Å². The van der Waals surface area contributed by atoms with Gasteiger partial charge in [-0.3, -0.25) is 0 Å². The van der Waals surface area contributed by atoms with Gasteiger partial charge in [0.1, 0.15) is 5.82 Å². The van der Waals surface area contributed by atoms with E-state index >= 15 is 0 Å². The number of rotatable bonds is 4. The zero-order chi connectivity index (χ0) is 19.2.